The smallest absolute Gasteiger partial charge is 0.227 e. The van der Waals surface area contributed by atoms with E-state index in [1.165, 1.54) is 0 Å². The third-order valence-electron chi connectivity index (χ3n) is 3.82. The SMILES string of the molecule is CN(Cc1cccc(Br)c1)C(=O)C1CCCCC1N. The van der Waals surface area contributed by atoms with Gasteiger partial charge in [-0.25, -0.2) is 0 Å². The Labute approximate surface area is 123 Å². The maximum atomic E-state index is 12.4. The standard InChI is InChI=1S/C15H21BrN2O/c1-18(10-11-5-4-6-12(16)9-11)15(19)13-7-2-3-8-14(13)17/h4-6,9,13-14H,2-3,7-8,10,17H2,1H3. The molecule has 1 aromatic carbocycles. The molecule has 19 heavy (non-hydrogen) atoms. The van der Waals surface area contributed by atoms with Crippen molar-refractivity contribution >= 4 is 21.8 Å². The Kier molecular flexibility index (Phi) is 4.99. The van der Waals surface area contributed by atoms with Gasteiger partial charge in [0.1, 0.15) is 0 Å². The van der Waals surface area contributed by atoms with Gasteiger partial charge in [-0.3, -0.25) is 4.79 Å². The van der Waals surface area contributed by atoms with Crippen LogP contribution < -0.4 is 5.73 Å². The zero-order valence-electron chi connectivity index (χ0n) is 11.3. The summed E-state index contributed by atoms with van der Waals surface area (Å²) in [6.45, 7) is 0.640. The van der Waals surface area contributed by atoms with Crippen molar-refractivity contribution in [2.45, 2.75) is 38.3 Å². The summed E-state index contributed by atoms with van der Waals surface area (Å²) < 4.78 is 1.04. The Morgan fingerprint density at radius 3 is 2.84 bits per heavy atom. The van der Waals surface area contributed by atoms with Crippen LogP contribution in [0.4, 0.5) is 0 Å². The van der Waals surface area contributed by atoms with Gasteiger partial charge < -0.3 is 10.6 Å². The number of nitrogens with zero attached hydrogens (tertiary/aromatic N) is 1. The van der Waals surface area contributed by atoms with E-state index in [1.54, 1.807) is 4.90 Å². The molecular weight excluding hydrogens is 304 g/mol. The molecule has 0 spiro atoms. The third kappa shape index (κ3) is 3.80. The zero-order valence-corrected chi connectivity index (χ0v) is 12.9. The Hall–Kier alpha value is -0.870. The monoisotopic (exact) mass is 324 g/mol. The van der Waals surface area contributed by atoms with E-state index in [0.29, 0.717) is 6.54 Å². The van der Waals surface area contributed by atoms with Gasteiger partial charge in [-0.05, 0) is 30.5 Å². The molecular formula is C15H21BrN2O. The van der Waals surface area contributed by atoms with Crippen LogP contribution in [0.5, 0.6) is 0 Å². The Morgan fingerprint density at radius 2 is 2.16 bits per heavy atom. The molecule has 0 saturated heterocycles. The minimum absolute atomic E-state index is 0.00547. The van der Waals surface area contributed by atoms with Crippen LogP contribution in [-0.2, 0) is 11.3 Å². The highest BCUT2D eigenvalue weighted by molar-refractivity contribution is 9.10. The Morgan fingerprint density at radius 1 is 1.42 bits per heavy atom. The van der Waals surface area contributed by atoms with E-state index in [4.69, 9.17) is 5.73 Å². The van der Waals surface area contributed by atoms with Crippen molar-refractivity contribution in [3.05, 3.63) is 34.3 Å². The number of carbonyl (C=O) groups is 1. The van der Waals surface area contributed by atoms with E-state index < -0.39 is 0 Å². The van der Waals surface area contributed by atoms with Crippen molar-refractivity contribution in [1.82, 2.24) is 4.90 Å². The quantitative estimate of drug-likeness (QED) is 0.929. The van der Waals surface area contributed by atoms with Gasteiger partial charge >= 0.3 is 0 Å². The molecule has 1 saturated carbocycles. The molecule has 2 atom stereocenters. The topological polar surface area (TPSA) is 46.3 Å². The average molecular weight is 325 g/mol. The van der Waals surface area contributed by atoms with Crippen LogP contribution in [0.1, 0.15) is 31.2 Å². The van der Waals surface area contributed by atoms with Gasteiger partial charge in [0.05, 0.1) is 5.92 Å². The molecule has 1 aliphatic rings. The normalized spacial score (nSPS) is 23.1. The predicted octanol–water partition coefficient (Wildman–Crippen LogP) is 2.93. The van der Waals surface area contributed by atoms with Crippen molar-refractivity contribution in [2.24, 2.45) is 11.7 Å². The minimum Gasteiger partial charge on any atom is -0.341 e. The second-order valence-electron chi connectivity index (χ2n) is 5.38. The summed E-state index contributed by atoms with van der Waals surface area (Å²) in [7, 11) is 1.87. The molecule has 0 bridgehead atoms. The molecule has 4 heteroatoms. The fourth-order valence-electron chi connectivity index (χ4n) is 2.74. The molecule has 1 aliphatic carbocycles. The molecule has 3 nitrogen and oxygen atoms in total. The Balaban J connectivity index is 1.99. The number of benzene rings is 1. The first-order valence-corrected chi connectivity index (χ1v) is 7.62. The van der Waals surface area contributed by atoms with Crippen LogP contribution in [0.3, 0.4) is 0 Å². The zero-order chi connectivity index (χ0) is 13.8. The largest absolute Gasteiger partial charge is 0.341 e. The van der Waals surface area contributed by atoms with Gasteiger partial charge in [0.2, 0.25) is 5.91 Å². The molecule has 0 aliphatic heterocycles. The van der Waals surface area contributed by atoms with Crippen LogP contribution >= 0.6 is 15.9 Å². The molecule has 1 aromatic rings. The summed E-state index contributed by atoms with van der Waals surface area (Å²) in [6.07, 6.45) is 4.18. The van der Waals surface area contributed by atoms with E-state index in [0.717, 1.165) is 35.7 Å². The average Bonchev–Trinajstić information content (AvgIpc) is 2.38. The molecule has 1 amide bonds. The lowest BCUT2D eigenvalue weighted by atomic mass is 9.84. The summed E-state index contributed by atoms with van der Waals surface area (Å²) in [5.41, 5.74) is 7.21. The van der Waals surface area contributed by atoms with E-state index in [1.807, 2.05) is 31.3 Å². The fraction of sp³-hybridized carbons (Fsp3) is 0.533. The fourth-order valence-corrected chi connectivity index (χ4v) is 3.18. The van der Waals surface area contributed by atoms with E-state index in [9.17, 15) is 4.79 Å². The van der Waals surface area contributed by atoms with Gasteiger partial charge in [0.25, 0.3) is 0 Å². The lowest BCUT2D eigenvalue weighted by molar-refractivity contribution is -0.136. The van der Waals surface area contributed by atoms with Crippen molar-refractivity contribution in [1.29, 1.82) is 0 Å². The number of carbonyl (C=O) groups excluding carboxylic acids is 1. The molecule has 1 fully saturated rings. The lowest BCUT2D eigenvalue weighted by Crippen LogP contribution is -2.44. The highest BCUT2D eigenvalue weighted by atomic mass is 79.9. The van der Waals surface area contributed by atoms with Crippen molar-refractivity contribution < 1.29 is 4.79 Å². The molecule has 0 radical (unpaired) electrons. The summed E-state index contributed by atoms with van der Waals surface area (Å²) in [5, 5.41) is 0. The molecule has 2 N–H and O–H groups in total. The van der Waals surface area contributed by atoms with Crippen LogP contribution in [0.2, 0.25) is 0 Å². The maximum absolute atomic E-state index is 12.4. The first-order valence-electron chi connectivity index (χ1n) is 6.83. The number of hydrogen-bond donors (Lipinski definition) is 1. The van der Waals surface area contributed by atoms with Gasteiger partial charge in [-0.2, -0.15) is 0 Å². The van der Waals surface area contributed by atoms with Crippen LogP contribution in [-0.4, -0.2) is 23.9 Å². The Bertz CT molecular complexity index is 450. The lowest BCUT2D eigenvalue weighted by Gasteiger charge is -2.31. The number of halogens is 1. The summed E-state index contributed by atoms with van der Waals surface area (Å²) >= 11 is 3.45. The maximum Gasteiger partial charge on any atom is 0.227 e. The summed E-state index contributed by atoms with van der Waals surface area (Å²) in [5.74, 6) is 0.193. The number of amides is 1. The van der Waals surface area contributed by atoms with Gasteiger partial charge in [0.15, 0.2) is 0 Å². The molecule has 2 unspecified atom stereocenters. The number of rotatable bonds is 3. The number of hydrogen-bond acceptors (Lipinski definition) is 2. The highest BCUT2D eigenvalue weighted by Gasteiger charge is 2.30. The third-order valence-corrected chi connectivity index (χ3v) is 4.31. The number of nitrogens with two attached hydrogens (primary N) is 1. The van der Waals surface area contributed by atoms with E-state index in [2.05, 4.69) is 15.9 Å². The summed E-state index contributed by atoms with van der Waals surface area (Å²) in [4.78, 5) is 14.2. The molecule has 104 valence electrons. The molecule has 2 rings (SSSR count). The highest BCUT2D eigenvalue weighted by Crippen LogP contribution is 2.25. The first kappa shape index (κ1) is 14.5. The van der Waals surface area contributed by atoms with Crippen molar-refractivity contribution in [3.63, 3.8) is 0 Å². The summed E-state index contributed by atoms with van der Waals surface area (Å²) in [6, 6.07) is 8.10. The second kappa shape index (κ2) is 6.53. The van der Waals surface area contributed by atoms with Crippen molar-refractivity contribution in [3.8, 4) is 0 Å². The molecule has 0 aromatic heterocycles. The van der Waals surface area contributed by atoms with Gasteiger partial charge in [0, 0.05) is 24.1 Å². The van der Waals surface area contributed by atoms with Gasteiger partial charge in [-0.15, -0.1) is 0 Å². The van der Waals surface area contributed by atoms with Crippen LogP contribution in [0.15, 0.2) is 28.7 Å². The molecule has 0 heterocycles. The predicted molar refractivity (Wildman–Crippen MR) is 80.5 cm³/mol. The van der Waals surface area contributed by atoms with E-state index in [-0.39, 0.29) is 17.9 Å². The van der Waals surface area contributed by atoms with Gasteiger partial charge in [-0.1, -0.05) is 40.9 Å². The minimum atomic E-state index is 0.00547. The van der Waals surface area contributed by atoms with E-state index >= 15 is 0 Å². The van der Waals surface area contributed by atoms with Crippen LogP contribution in [0, 0.1) is 5.92 Å². The van der Waals surface area contributed by atoms with Crippen molar-refractivity contribution in [2.75, 3.05) is 7.05 Å². The first-order chi connectivity index (χ1) is 9.08. The second-order valence-corrected chi connectivity index (χ2v) is 6.29. The van der Waals surface area contributed by atoms with Crippen LogP contribution in [0.25, 0.3) is 0 Å².